The zero-order valence-electron chi connectivity index (χ0n) is 14.5. The zero-order valence-corrected chi connectivity index (χ0v) is 14.5. The molecule has 2 atom stereocenters. The number of methoxy groups -OCH3 is 1. The van der Waals surface area contributed by atoms with Crippen LogP contribution in [0, 0.1) is 0 Å². The van der Waals surface area contributed by atoms with Gasteiger partial charge in [0.2, 0.25) is 0 Å². The Morgan fingerprint density at radius 2 is 1.96 bits per heavy atom. The summed E-state index contributed by atoms with van der Waals surface area (Å²) in [4.78, 5) is 14.1. The lowest BCUT2D eigenvalue weighted by Gasteiger charge is -2.28. The highest BCUT2D eigenvalue weighted by atomic mass is 16.6. The molecule has 1 aromatic carbocycles. The first-order chi connectivity index (χ1) is 10.9. The van der Waals surface area contributed by atoms with Crippen molar-refractivity contribution in [2.45, 2.75) is 51.5 Å². The van der Waals surface area contributed by atoms with Crippen molar-refractivity contribution in [1.29, 1.82) is 0 Å². The molecule has 1 amide bonds. The van der Waals surface area contributed by atoms with Crippen LogP contribution < -0.4 is 0 Å². The highest BCUT2D eigenvalue weighted by molar-refractivity contribution is 5.69. The van der Waals surface area contributed by atoms with Crippen molar-refractivity contribution >= 4 is 6.09 Å². The maximum absolute atomic E-state index is 12.4. The molecule has 5 heteroatoms. The molecule has 0 N–H and O–H groups in total. The second-order valence-electron chi connectivity index (χ2n) is 6.90. The van der Waals surface area contributed by atoms with Crippen LogP contribution in [0.1, 0.15) is 32.8 Å². The molecule has 1 heterocycles. The Hall–Kier alpha value is -1.59. The van der Waals surface area contributed by atoms with Crippen molar-refractivity contribution in [1.82, 2.24) is 4.90 Å². The van der Waals surface area contributed by atoms with E-state index in [1.165, 1.54) is 0 Å². The van der Waals surface area contributed by atoms with Gasteiger partial charge in [0.15, 0.2) is 0 Å². The topological polar surface area (TPSA) is 48.0 Å². The van der Waals surface area contributed by atoms with Crippen LogP contribution >= 0.6 is 0 Å². The molecule has 5 nitrogen and oxygen atoms in total. The number of hydrogen-bond acceptors (Lipinski definition) is 4. The van der Waals surface area contributed by atoms with Crippen molar-refractivity contribution in [3.8, 4) is 0 Å². The Balaban J connectivity index is 1.93. The molecule has 2 rings (SSSR count). The molecule has 0 aromatic heterocycles. The smallest absolute Gasteiger partial charge is 0.410 e. The monoisotopic (exact) mass is 321 g/mol. The summed E-state index contributed by atoms with van der Waals surface area (Å²) in [6, 6.07) is 10.0. The summed E-state index contributed by atoms with van der Waals surface area (Å²) in [6.07, 6.45) is 0.466. The summed E-state index contributed by atoms with van der Waals surface area (Å²) in [6.45, 7) is 7.19. The van der Waals surface area contributed by atoms with Crippen molar-refractivity contribution in [2.24, 2.45) is 0 Å². The maximum atomic E-state index is 12.4. The van der Waals surface area contributed by atoms with E-state index in [1.54, 1.807) is 12.0 Å². The lowest BCUT2D eigenvalue weighted by atomic mass is 10.2. The molecule has 0 radical (unpaired) electrons. The van der Waals surface area contributed by atoms with Gasteiger partial charge < -0.3 is 19.1 Å². The summed E-state index contributed by atoms with van der Waals surface area (Å²) < 4.78 is 16.7. The predicted octanol–water partition coefficient (Wildman–Crippen LogP) is 3.23. The standard InChI is InChI=1S/C18H27NO4/c1-18(2,3)23-17(20)19-11-16(10-15(19)13-21-4)22-12-14-8-6-5-7-9-14/h5-9,15-16H,10-13H2,1-4H3/t15-,16-/m0/s1. The van der Waals surface area contributed by atoms with E-state index in [2.05, 4.69) is 0 Å². The normalized spacial score (nSPS) is 21.5. The first kappa shape index (κ1) is 17.8. The molecule has 0 unspecified atom stereocenters. The second-order valence-corrected chi connectivity index (χ2v) is 6.90. The van der Waals surface area contributed by atoms with Gasteiger partial charge in [-0.1, -0.05) is 30.3 Å². The average Bonchev–Trinajstić information content (AvgIpc) is 2.88. The van der Waals surface area contributed by atoms with Crippen LogP contribution in [-0.2, 0) is 20.8 Å². The number of amides is 1. The molecule has 1 aliphatic rings. The third-order valence-electron chi connectivity index (χ3n) is 3.69. The van der Waals surface area contributed by atoms with Gasteiger partial charge in [0.1, 0.15) is 5.60 Å². The lowest BCUT2D eigenvalue weighted by molar-refractivity contribution is 0.0103. The molecule has 0 saturated carbocycles. The number of rotatable bonds is 5. The van der Waals surface area contributed by atoms with E-state index in [4.69, 9.17) is 14.2 Å². The van der Waals surface area contributed by atoms with Crippen LogP contribution in [0.15, 0.2) is 30.3 Å². The van der Waals surface area contributed by atoms with Crippen molar-refractivity contribution in [3.63, 3.8) is 0 Å². The Labute approximate surface area is 138 Å². The molecule has 128 valence electrons. The molecule has 1 fully saturated rings. The van der Waals surface area contributed by atoms with Crippen LogP contribution in [0.5, 0.6) is 0 Å². The minimum absolute atomic E-state index is 0.00266. The first-order valence-electron chi connectivity index (χ1n) is 8.03. The van der Waals surface area contributed by atoms with Gasteiger partial charge in [-0.15, -0.1) is 0 Å². The molecule has 1 saturated heterocycles. The summed E-state index contributed by atoms with van der Waals surface area (Å²) in [5.74, 6) is 0. The Morgan fingerprint density at radius 3 is 2.57 bits per heavy atom. The van der Waals surface area contributed by atoms with Crippen LogP contribution in [0.25, 0.3) is 0 Å². The van der Waals surface area contributed by atoms with E-state index in [-0.39, 0.29) is 18.2 Å². The quantitative estimate of drug-likeness (QED) is 0.835. The number of benzene rings is 1. The number of ether oxygens (including phenoxy) is 3. The molecule has 0 bridgehead atoms. The molecule has 23 heavy (non-hydrogen) atoms. The lowest BCUT2D eigenvalue weighted by Crippen LogP contribution is -2.41. The van der Waals surface area contributed by atoms with E-state index in [0.717, 1.165) is 12.0 Å². The van der Waals surface area contributed by atoms with Crippen LogP contribution in [-0.4, -0.2) is 49.0 Å². The van der Waals surface area contributed by atoms with Crippen LogP contribution in [0.4, 0.5) is 4.79 Å². The van der Waals surface area contributed by atoms with Gasteiger partial charge in [-0.25, -0.2) is 4.79 Å². The van der Waals surface area contributed by atoms with Crippen molar-refractivity contribution < 1.29 is 19.0 Å². The molecule has 0 spiro atoms. The predicted molar refractivity (Wildman–Crippen MR) is 88.2 cm³/mol. The van der Waals surface area contributed by atoms with E-state index < -0.39 is 5.60 Å². The fourth-order valence-electron chi connectivity index (χ4n) is 2.68. The second kappa shape index (κ2) is 7.79. The fraction of sp³-hybridized carbons (Fsp3) is 0.611. The summed E-state index contributed by atoms with van der Waals surface area (Å²) >= 11 is 0. The van der Waals surface area contributed by atoms with Gasteiger partial charge in [0, 0.05) is 7.11 Å². The molecule has 1 aliphatic heterocycles. The Bertz CT molecular complexity index is 497. The first-order valence-corrected chi connectivity index (χ1v) is 8.03. The summed E-state index contributed by atoms with van der Waals surface area (Å²) in [5, 5.41) is 0. The highest BCUT2D eigenvalue weighted by Crippen LogP contribution is 2.24. The molecular weight excluding hydrogens is 294 g/mol. The van der Waals surface area contributed by atoms with Crippen molar-refractivity contribution in [3.05, 3.63) is 35.9 Å². The van der Waals surface area contributed by atoms with E-state index in [9.17, 15) is 4.79 Å². The average molecular weight is 321 g/mol. The maximum Gasteiger partial charge on any atom is 0.410 e. The van der Waals surface area contributed by atoms with E-state index in [1.807, 2.05) is 51.1 Å². The molecular formula is C18H27NO4. The Morgan fingerprint density at radius 1 is 1.26 bits per heavy atom. The van der Waals surface area contributed by atoms with Crippen LogP contribution in [0.2, 0.25) is 0 Å². The van der Waals surface area contributed by atoms with E-state index >= 15 is 0 Å². The van der Waals surface area contributed by atoms with Gasteiger partial charge in [-0.2, -0.15) is 0 Å². The molecule has 1 aromatic rings. The number of carbonyl (C=O) groups excluding carboxylic acids is 1. The molecule has 0 aliphatic carbocycles. The zero-order chi connectivity index (χ0) is 16.9. The van der Waals surface area contributed by atoms with Gasteiger partial charge in [0.05, 0.1) is 31.9 Å². The summed E-state index contributed by atoms with van der Waals surface area (Å²) in [5.41, 5.74) is 0.629. The number of hydrogen-bond donors (Lipinski definition) is 0. The minimum Gasteiger partial charge on any atom is -0.444 e. The van der Waals surface area contributed by atoms with Crippen LogP contribution in [0.3, 0.4) is 0 Å². The van der Waals surface area contributed by atoms with Gasteiger partial charge in [0.25, 0.3) is 0 Å². The third-order valence-corrected chi connectivity index (χ3v) is 3.69. The third kappa shape index (κ3) is 5.52. The van der Waals surface area contributed by atoms with Gasteiger partial charge in [-0.3, -0.25) is 0 Å². The van der Waals surface area contributed by atoms with E-state index in [0.29, 0.717) is 19.8 Å². The number of likely N-dealkylation sites (tertiary alicyclic amines) is 1. The fourth-order valence-corrected chi connectivity index (χ4v) is 2.68. The number of carbonyl (C=O) groups is 1. The highest BCUT2D eigenvalue weighted by Gasteiger charge is 2.38. The largest absolute Gasteiger partial charge is 0.444 e. The Kier molecular flexibility index (Phi) is 6.02. The van der Waals surface area contributed by atoms with Crippen molar-refractivity contribution in [2.75, 3.05) is 20.3 Å². The van der Waals surface area contributed by atoms with Gasteiger partial charge in [-0.05, 0) is 32.8 Å². The SMILES string of the molecule is COC[C@@H]1C[C@H](OCc2ccccc2)CN1C(=O)OC(C)(C)C. The minimum atomic E-state index is -0.502. The van der Waals surface area contributed by atoms with Gasteiger partial charge >= 0.3 is 6.09 Å². The summed E-state index contributed by atoms with van der Waals surface area (Å²) in [7, 11) is 1.64. The number of nitrogens with zero attached hydrogens (tertiary/aromatic N) is 1.